The highest BCUT2D eigenvalue weighted by atomic mass is 16.5. The number of nitrogens with one attached hydrogen (secondary N) is 1. The Morgan fingerprint density at radius 1 is 1.12 bits per heavy atom. The van der Waals surface area contributed by atoms with Gasteiger partial charge in [0.25, 0.3) is 5.91 Å². The summed E-state index contributed by atoms with van der Waals surface area (Å²) in [6, 6.07) is 11.7. The van der Waals surface area contributed by atoms with Crippen molar-refractivity contribution in [3.8, 4) is 22.5 Å². The van der Waals surface area contributed by atoms with Crippen molar-refractivity contribution in [2.24, 2.45) is 0 Å². The number of amides is 2. The number of carbonyl (C=O) groups excluding carboxylic acids is 2. The van der Waals surface area contributed by atoms with Crippen molar-refractivity contribution < 1.29 is 14.3 Å². The Morgan fingerprint density at radius 2 is 1.98 bits per heavy atom. The summed E-state index contributed by atoms with van der Waals surface area (Å²) in [6.07, 6.45) is 7.91. The van der Waals surface area contributed by atoms with Crippen LogP contribution in [0.25, 0.3) is 33.3 Å². The van der Waals surface area contributed by atoms with E-state index in [0.29, 0.717) is 31.9 Å². The van der Waals surface area contributed by atoms with E-state index in [1.807, 2.05) is 36.2 Å². The highest BCUT2D eigenvalue weighted by Crippen LogP contribution is 2.38. The van der Waals surface area contributed by atoms with Crippen LogP contribution in [0.3, 0.4) is 0 Å². The molecule has 2 aliphatic heterocycles. The number of pyridine rings is 2. The van der Waals surface area contributed by atoms with Crippen molar-refractivity contribution in [3.63, 3.8) is 0 Å². The van der Waals surface area contributed by atoms with Crippen LogP contribution in [-0.4, -0.2) is 62.5 Å². The molecule has 0 bridgehead atoms. The molecule has 3 aromatic heterocycles. The molecule has 9 heteroatoms. The van der Waals surface area contributed by atoms with Gasteiger partial charge in [-0.15, -0.1) is 0 Å². The largest absolute Gasteiger partial charge is 0.373 e. The molecule has 2 unspecified atom stereocenters. The van der Waals surface area contributed by atoms with Crippen molar-refractivity contribution >= 4 is 22.6 Å². The van der Waals surface area contributed by atoms with Crippen LogP contribution in [0.5, 0.6) is 0 Å². The van der Waals surface area contributed by atoms with Crippen molar-refractivity contribution in [1.29, 1.82) is 0 Å². The molecule has 9 nitrogen and oxygen atoms in total. The Bertz CT molecular complexity index is 1660. The molecule has 2 amide bonds. The normalized spacial score (nSPS) is 20.4. The minimum Gasteiger partial charge on any atom is -0.373 e. The number of aromatic nitrogens is 4. The maximum atomic E-state index is 12.4. The van der Waals surface area contributed by atoms with Crippen LogP contribution < -0.4 is 5.32 Å². The zero-order chi connectivity index (χ0) is 28.0. The van der Waals surface area contributed by atoms with Gasteiger partial charge in [0.1, 0.15) is 11.5 Å². The van der Waals surface area contributed by atoms with Crippen LogP contribution in [0, 0.1) is 0 Å². The van der Waals surface area contributed by atoms with Crippen molar-refractivity contribution in [2.75, 3.05) is 20.2 Å². The predicted molar refractivity (Wildman–Crippen MR) is 153 cm³/mol. The van der Waals surface area contributed by atoms with Gasteiger partial charge in [-0.05, 0) is 37.4 Å². The second-order valence-electron chi connectivity index (χ2n) is 10.7. The molecule has 0 fully saturated rings. The molecule has 2 aliphatic rings. The predicted octanol–water partition coefficient (Wildman–Crippen LogP) is 4.11. The van der Waals surface area contributed by atoms with Crippen LogP contribution in [0.2, 0.25) is 0 Å². The van der Waals surface area contributed by atoms with Gasteiger partial charge in [-0.3, -0.25) is 19.6 Å². The van der Waals surface area contributed by atoms with Crippen LogP contribution in [-0.2, 0) is 28.0 Å². The smallest absolute Gasteiger partial charge is 0.269 e. The Kier molecular flexibility index (Phi) is 6.46. The number of hydrogen-bond donors (Lipinski definition) is 1. The first-order valence-corrected chi connectivity index (χ1v) is 13.5. The lowest BCUT2D eigenvalue weighted by molar-refractivity contribution is -0.130. The van der Waals surface area contributed by atoms with Gasteiger partial charge in [-0.1, -0.05) is 30.4 Å². The summed E-state index contributed by atoms with van der Waals surface area (Å²) in [7, 11) is 1.58. The molecule has 6 rings (SSSR count). The fourth-order valence-corrected chi connectivity index (χ4v) is 5.53. The number of rotatable bonds is 4. The summed E-state index contributed by atoms with van der Waals surface area (Å²) in [5.41, 5.74) is 4.44. The minimum absolute atomic E-state index is 0.0566. The number of imidazole rings is 1. The van der Waals surface area contributed by atoms with E-state index in [-0.39, 0.29) is 23.3 Å². The standard InChI is InChI=1S/C31H32N6O3/c1-19-10-11-31(3,18-40-19)30-35-28(27-17-36(20(2)38)12-13-37(27)30)23-7-5-6-21-14-26(34-16-24(21)23)22-8-9-25(33-15-22)29(39)32-4/h5-11,14-16,19H,12-13,17-18H2,1-4H3,(H,32,39). The number of benzene rings is 1. The maximum absolute atomic E-state index is 12.4. The lowest BCUT2D eigenvalue weighted by Gasteiger charge is -2.34. The molecule has 0 saturated carbocycles. The van der Waals surface area contributed by atoms with Gasteiger partial charge in [0.2, 0.25) is 5.91 Å². The summed E-state index contributed by atoms with van der Waals surface area (Å²) in [5.74, 6) is 0.779. The number of nitrogens with zero attached hydrogens (tertiary/aromatic N) is 5. The molecule has 40 heavy (non-hydrogen) atoms. The fourth-order valence-electron chi connectivity index (χ4n) is 5.53. The molecule has 204 valence electrons. The van der Waals surface area contributed by atoms with E-state index < -0.39 is 0 Å². The van der Waals surface area contributed by atoms with Crippen LogP contribution in [0.4, 0.5) is 0 Å². The van der Waals surface area contributed by atoms with E-state index in [4.69, 9.17) is 14.7 Å². The topological polar surface area (TPSA) is 102 Å². The zero-order valence-corrected chi connectivity index (χ0v) is 23.1. The Balaban J connectivity index is 1.45. The number of carbonyl (C=O) groups is 2. The number of ether oxygens (including phenoxy) is 1. The van der Waals surface area contributed by atoms with E-state index in [1.165, 1.54) is 0 Å². The van der Waals surface area contributed by atoms with E-state index >= 15 is 0 Å². The third kappa shape index (κ3) is 4.46. The van der Waals surface area contributed by atoms with Gasteiger partial charge in [0, 0.05) is 56.0 Å². The average molecular weight is 537 g/mol. The summed E-state index contributed by atoms with van der Waals surface area (Å²) < 4.78 is 8.30. The van der Waals surface area contributed by atoms with Crippen molar-refractivity contribution in [2.45, 2.75) is 45.4 Å². The second kappa shape index (κ2) is 9.98. The van der Waals surface area contributed by atoms with Crippen LogP contribution in [0.15, 0.2) is 60.9 Å². The van der Waals surface area contributed by atoms with E-state index in [0.717, 1.165) is 44.8 Å². The third-order valence-corrected chi connectivity index (χ3v) is 7.88. The van der Waals surface area contributed by atoms with Crippen molar-refractivity contribution in [1.82, 2.24) is 29.7 Å². The summed E-state index contributed by atoms with van der Waals surface area (Å²) in [4.78, 5) is 40.4. The highest BCUT2D eigenvalue weighted by molar-refractivity contribution is 5.97. The molecule has 2 atom stereocenters. The van der Waals surface area contributed by atoms with Gasteiger partial charge in [0.15, 0.2) is 0 Å². The molecule has 0 radical (unpaired) electrons. The van der Waals surface area contributed by atoms with Gasteiger partial charge in [-0.2, -0.15) is 0 Å². The van der Waals surface area contributed by atoms with Crippen LogP contribution >= 0.6 is 0 Å². The molecular weight excluding hydrogens is 504 g/mol. The highest BCUT2D eigenvalue weighted by Gasteiger charge is 2.37. The van der Waals surface area contributed by atoms with E-state index in [9.17, 15) is 9.59 Å². The molecule has 4 aromatic rings. The first-order valence-electron chi connectivity index (χ1n) is 13.5. The quantitative estimate of drug-likeness (QED) is 0.394. The number of fused-ring (bicyclic) bond motifs is 2. The molecule has 0 saturated heterocycles. The summed E-state index contributed by atoms with van der Waals surface area (Å²) >= 11 is 0. The Hall–Kier alpha value is -4.37. The molecule has 0 spiro atoms. The van der Waals surface area contributed by atoms with Crippen molar-refractivity contribution in [3.05, 3.63) is 78.2 Å². The molecule has 1 N–H and O–H groups in total. The van der Waals surface area contributed by atoms with Crippen LogP contribution in [0.1, 0.15) is 42.8 Å². The zero-order valence-electron chi connectivity index (χ0n) is 23.1. The first kappa shape index (κ1) is 25.9. The fraction of sp³-hybridized carbons (Fsp3) is 0.323. The molecule has 5 heterocycles. The van der Waals surface area contributed by atoms with Gasteiger partial charge >= 0.3 is 0 Å². The van der Waals surface area contributed by atoms with Gasteiger partial charge < -0.3 is 19.5 Å². The minimum atomic E-state index is -0.373. The maximum Gasteiger partial charge on any atom is 0.269 e. The third-order valence-electron chi connectivity index (χ3n) is 7.88. The monoisotopic (exact) mass is 536 g/mol. The summed E-state index contributed by atoms with van der Waals surface area (Å²) in [5, 5.41) is 4.58. The number of hydrogen-bond acceptors (Lipinski definition) is 6. The Labute approximate surface area is 232 Å². The molecule has 1 aromatic carbocycles. The van der Waals surface area contributed by atoms with E-state index in [2.05, 4.69) is 46.1 Å². The lowest BCUT2D eigenvalue weighted by Crippen LogP contribution is -2.40. The second-order valence-corrected chi connectivity index (χ2v) is 10.7. The summed E-state index contributed by atoms with van der Waals surface area (Å²) in [6.45, 7) is 8.19. The van der Waals surface area contributed by atoms with Gasteiger partial charge in [0.05, 0.1) is 41.8 Å². The average Bonchev–Trinajstić information content (AvgIpc) is 3.37. The molecule has 0 aliphatic carbocycles. The SMILES string of the molecule is CNC(=O)c1ccc(-c2cc3cccc(-c4nc(C5(C)C=CC(C)OC5)n5c4CN(C(C)=O)CC5)c3cn2)cn1. The molecular formula is C31H32N6O3. The lowest BCUT2D eigenvalue weighted by atomic mass is 9.87. The van der Waals surface area contributed by atoms with E-state index in [1.54, 1.807) is 26.2 Å². The Morgan fingerprint density at radius 3 is 2.67 bits per heavy atom. The van der Waals surface area contributed by atoms with Gasteiger partial charge in [-0.25, -0.2) is 4.98 Å². The first-order chi connectivity index (χ1) is 19.3.